The second kappa shape index (κ2) is 6.37. The third-order valence-corrected chi connectivity index (χ3v) is 6.53. The Kier molecular flexibility index (Phi) is 5.03. The van der Waals surface area contributed by atoms with Gasteiger partial charge in [0.25, 0.3) is 0 Å². The lowest BCUT2D eigenvalue weighted by Crippen LogP contribution is -2.46. The van der Waals surface area contributed by atoms with Crippen molar-refractivity contribution in [2.75, 3.05) is 6.54 Å². The SMILES string of the molecule is CCNC1CCCCC1S(=O)(=O)c1ccc(Br)cc1. The Bertz CT molecular complexity index is 511. The Labute approximate surface area is 123 Å². The standard InChI is InChI=1S/C14H20BrNO2S/c1-2-16-13-5-3-4-6-14(13)19(17,18)12-9-7-11(15)8-10-12/h7-10,13-14,16H,2-6H2,1H3. The van der Waals surface area contributed by atoms with Gasteiger partial charge in [-0.3, -0.25) is 0 Å². The van der Waals surface area contributed by atoms with E-state index in [1.54, 1.807) is 24.3 Å². The fourth-order valence-electron chi connectivity index (χ4n) is 2.76. The number of hydrogen-bond donors (Lipinski definition) is 1. The van der Waals surface area contributed by atoms with Gasteiger partial charge < -0.3 is 5.32 Å². The van der Waals surface area contributed by atoms with Gasteiger partial charge in [0.05, 0.1) is 10.1 Å². The van der Waals surface area contributed by atoms with Crippen LogP contribution in [-0.2, 0) is 9.84 Å². The Morgan fingerprint density at radius 2 is 1.84 bits per heavy atom. The van der Waals surface area contributed by atoms with E-state index in [9.17, 15) is 8.42 Å². The topological polar surface area (TPSA) is 46.2 Å². The zero-order valence-corrected chi connectivity index (χ0v) is 13.5. The van der Waals surface area contributed by atoms with E-state index >= 15 is 0 Å². The van der Waals surface area contributed by atoms with Crippen molar-refractivity contribution < 1.29 is 8.42 Å². The maximum Gasteiger partial charge on any atom is 0.182 e. The molecule has 5 heteroatoms. The summed E-state index contributed by atoms with van der Waals surface area (Å²) in [7, 11) is -3.23. The lowest BCUT2D eigenvalue weighted by atomic mass is 9.95. The summed E-state index contributed by atoms with van der Waals surface area (Å²) in [6.07, 6.45) is 3.83. The van der Waals surface area contributed by atoms with E-state index in [1.165, 1.54) is 0 Å². The summed E-state index contributed by atoms with van der Waals surface area (Å²) in [6, 6.07) is 7.05. The lowest BCUT2D eigenvalue weighted by Gasteiger charge is -2.31. The normalized spacial score (nSPS) is 24.3. The average molecular weight is 346 g/mol. The van der Waals surface area contributed by atoms with Crippen LogP contribution in [0.3, 0.4) is 0 Å². The largest absolute Gasteiger partial charge is 0.313 e. The van der Waals surface area contributed by atoms with Crippen LogP contribution in [0.4, 0.5) is 0 Å². The molecule has 1 fully saturated rings. The number of rotatable bonds is 4. The number of nitrogens with one attached hydrogen (secondary N) is 1. The number of sulfone groups is 1. The molecule has 1 aromatic rings. The molecule has 1 aromatic carbocycles. The van der Waals surface area contributed by atoms with Gasteiger partial charge in [-0.2, -0.15) is 0 Å². The summed E-state index contributed by atoms with van der Waals surface area (Å²) in [5, 5.41) is 3.04. The Balaban J connectivity index is 2.28. The van der Waals surface area contributed by atoms with Gasteiger partial charge in [-0.1, -0.05) is 35.7 Å². The molecule has 2 rings (SSSR count). The fraction of sp³-hybridized carbons (Fsp3) is 0.571. The quantitative estimate of drug-likeness (QED) is 0.911. The van der Waals surface area contributed by atoms with E-state index in [0.717, 1.165) is 36.7 Å². The van der Waals surface area contributed by atoms with Gasteiger partial charge in [0.1, 0.15) is 0 Å². The van der Waals surface area contributed by atoms with Crippen molar-refractivity contribution in [3.8, 4) is 0 Å². The Hall–Kier alpha value is -0.390. The van der Waals surface area contributed by atoms with Crippen molar-refractivity contribution in [1.29, 1.82) is 0 Å². The summed E-state index contributed by atoms with van der Waals surface area (Å²) in [5.41, 5.74) is 0. The molecule has 0 aromatic heterocycles. The fourth-order valence-corrected chi connectivity index (χ4v) is 5.03. The van der Waals surface area contributed by atoms with Crippen LogP contribution >= 0.6 is 15.9 Å². The molecular formula is C14H20BrNO2S. The highest BCUT2D eigenvalue weighted by Crippen LogP contribution is 2.29. The molecule has 19 heavy (non-hydrogen) atoms. The molecule has 0 bridgehead atoms. The minimum Gasteiger partial charge on any atom is -0.313 e. The first-order chi connectivity index (χ1) is 9.05. The van der Waals surface area contributed by atoms with Crippen molar-refractivity contribution in [3.63, 3.8) is 0 Å². The van der Waals surface area contributed by atoms with Crippen LogP contribution in [0, 0.1) is 0 Å². The third kappa shape index (κ3) is 3.38. The van der Waals surface area contributed by atoms with Crippen LogP contribution in [0.25, 0.3) is 0 Å². The summed E-state index contributed by atoms with van der Waals surface area (Å²) in [5.74, 6) is 0. The average Bonchev–Trinajstić information content (AvgIpc) is 2.40. The highest BCUT2D eigenvalue weighted by molar-refractivity contribution is 9.10. The third-order valence-electron chi connectivity index (χ3n) is 3.71. The van der Waals surface area contributed by atoms with E-state index < -0.39 is 9.84 Å². The van der Waals surface area contributed by atoms with E-state index in [0.29, 0.717) is 4.90 Å². The van der Waals surface area contributed by atoms with Gasteiger partial charge >= 0.3 is 0 Å². The Morgan fingerprint density at radius 1 is 1.21 bits per heavy atom. The molecule has 3 nitrogen and oxygen atoms in total. The molecule has 1 aliphatic rings. The van der Waals surface area contributed by atoms with Crippen molar-refractivity contribution in [2.24, 2.45) is 0 Å². The van der Waals surface area contributed by atoms with E-state index in [4.69, 9.17) is 0 Å². The number of halogens is 1. The molecule has 1 aliphatic carbocycles. The molecule has 0 saturated heterocycles. The van der Waals surface area contributed by atoms with Crippen LogP contribution in [0.15, 0.2) is 33.6 Å². The van der Waals surface area contributed by atoms with Crippen LogP contribution in [0.5, 0.6) is 0 Å². The monoisotopic (exact) mass is 345 g/mol. The molecule has 0 radical (unpaired) electrons. The molecule has 0 aliphatic heterocycles. The maximum atomic E-state index is 12.7. The maximum absolute atomic E-state index is 12.7. The molecule has 1 N–H and O–H groups in total. The summed E-state index contributed by atoms with van der Waals surface area (Å²) in [4.78, 5) is 0.436. The van der Waals surface area contributed by atoms with Crippen molar-refractivity contribution >= 4 is 25.8 Å². The number of hydrogen-bond acceptors (Lipinski definition) is 3. The van der Waals surface area contributed by atoms with Crippen LogP contribution < -0.4 is 5.32 Å². The first kappa shape index (κ1) is 15.0. The predicted molar refractivity (Wildman–Crippen MR) is 81.0 cm³/mol. The summed E-state index contributed by atoms with van der Waals surface area (Å²) in [6.45, 7) is 2.84. The van der Waals surface area contributed by atoms with Crippen LogP contribution in [0.2, 0.25) is 0 Å². The molecule has 2 unspecified atom stereocenters. The first-order valence-electron chi connectivity index (χ1n) is 6.78. The first-order valence-corrected chi connectivity index (χ1v) is 9.12. The molecule has 1 saturated carbocycles. The van der Waals surface area contributed by atoms with E-state index in [-0.39, 0.29) is 11.3 Å². The molecule has 2 atom stereocenters. The van der Waals surface area contributed by atoms with Crippen molar-refractivity contribution in [1.82, 2.24) is 5.32 Å². The minimum absolute atomic E-state index is 0.0902. The highest BCUT2D eigenvalue weighted by Gasteiger charge is 2.35. The van der Waals surface area contributed by atoms with Gasteiger partial charge in [-0.15, -0.1) is 0 Å². The smallest absolute Gasteiger partial charge is 0.182 e. The second-order valence-electron chi connectivity index (χ2n) is 4.99. The number of benzene rings is 1. The summed E-state index contributed by atoms with van der Waals surface area (Å²) < 4.78 is 26.4. The molecule has 0 heterocycles. The molecular weight excluding hydrogens is 326 g/mol. The van der Waals surface area contributed by atoms with Gasteiger partial charge in [0.2, 0.25) is 0 Å². The summed E-state index contributed by atoms with van der Waals surface area (Å²) >= 11 is 3.34. The molecule has 106 valence electrons. The van der Waals surface area contributed by atoms with Crippen LogP contribution in [0.1, 0.15) is 32.6 Å². The van der Waals surface area contributed by atoms with Gasteiger partial charge in [-0.25, -0.2) is 8.42 Å². The van der Waals surface area contributed by atoms with Crippen LogP contribution in [-0.4, -0.2) is 26.3 Å². The lowest BCUT2D eigenvalue weighted by molar-refractivity contribution is 0.377. The zero-order valence-electron chi connectivity index (χ0n) is 11.1. The van der Waals surface area contributed by atoms with Gasteiger partial charge in [0.15, 0.2) is 9.84 Å². The van der Waals surface area contributed by atoms with Crippen molar-refractivity contribution in [2.45, 2.75) is 48.8 Å². The Morgan fingerprint density at radius 3 is 2.47 bits per heavy atom. The second-order valence-corrected chi connectivity index (χ2v) is 8.07. The van der Waals surface area contributed by atoms with Gasteiger partial charge in [0, 0.05) is 10.5 Å². The minimum atomic E-state index is -3.23. The predicted octanol–water partition coefficient (Wildman–Crippen LogP) is 3.14. The van der Waals surface area contributed by atoms with E-state index in [2.05, 4.69) is 21.2 Å². The molecule has 0 spiro atoms. The van der Waals surface area contributed by atoms with Gasteiger partial charge in [-0.05, 0) is 43.7 Å². The zero-order chi connectivity index (χ0) is 13.9. The highest BCUT2D eigenvalue weighted by atomic mass is 79.9. The van der Waals surface area contributed by atoms with E-state index in [1.807, 2.05) is 6.92 Å². The van der Waals surface area contributed by atoms with Crippen molar-refractivity contribution in [3.05, 3.63) is 28.7 Å². The molecule has 0 amide bonds.